The smallest absolute Gasteiger partial charge is 0.274 e. The highest BCUT2D eigenvalue weighted by Gasteiger charge is 2.13. The highest BCUT2D eigenvalue weighted by Crippen LogP contribution is 2.21. The zero-order valence-corrected chi connectivity index (χ0v) is 11.9. The van der Waals surface area contributed by atoms with Crippen molar-refractivity contribution in [2.45, 2.75) is 13.1 Å². The molecule has 3 aromatic rings. The van der Waals surface area contributed by atoms with Crippen LogP contribution in [0, 0.1) is 0 Å². The molecule has 0 atom stereocenters. The van der Waals surface area contributed by atoms with Crippen LogP contribution in [0.25, 0.3) is 10.3 Å². The van der Waals surface area contributed by atoms with Gasteiger partial charge in [-0.05, 0) is 35.4 Å². The molecule has 1 aliphatic rings. The normalized spacial score (nSPS) is 13.3. The van der Waals surface area contributed by atoms with Gasteiger partial charge in [0.2, 0.25) is 0 Å². The molecule has 6 heteroatoms. The summed E-state index contributed by atoms with van der Waals surface area (Å²) in [7, 11) is 0. The molecule has 2 aromatic heterocycles. The minimum absolute atomic E-state index is 0.198. The van der Waals surface area contributed by atoms with Gasteiger partial charge in [0, 0.05) is 18.8 Å². The van der Waals surface area contributed by atoms with Gasteiger partial charge in [-0.2, -0.15) is 0 Å². The predicted octanol–water partition coefficient (Wildman–Crippen LogP) is 2.55. The molecule has 0 spiro atoms. The van der Waals surface area contributed by atoms with E-state index >= 15 is 0 Å². The van der Waals surface area contributed by atoms with Gasteiger partial charge >= 0.3 is 0 Å². The molecule has 0 aliphatic carbocycles. The molecule has 3 heterocycles. The van der Waals surface area contributed by atoms with Gasteiger partial charge in [0.15, 0.2) is 0 Å². The van der Waals surface area contributed by atoms with Gasteiger partial charge in [-0.1, -0.05) is 6.07 Å². The molecule has 1 aliphatic heterocycles. The Hall–Kier alpha value is -2.31. The van der Waals surface area contributed by atoms with Gasteiger partial charge < -0.3 is 10.6 Å². The first-order valence-corrected chi connectivity index (χ1v) is 7.52. The van der Waals surface area contributed by atoms with Crippen molar-refractivity contribution < 1.29 is 4.79 Å². The third-order valence-corrected chi connectivity index (χ3v) is 4.26. The van der Waals surface area contributed by atoms with Crippen molar-refractivity contribution in [1.82, 2.24) is 15.3 Å². The number of nitrogens with zero attached hydrogens (tertiary/aromatic N) is 2. The summed E-state index contributed by atoms with van der Waals surface area (Å²) >= 11 is 1.43. The van der Waals surface area contributed by atoms with Crippen LogP contribution in [0.15, 0.2) is 35.8 Å². The zero-order valence-electron chi connectivity index (χ0n) is 11.1. The first-order valence-electron chi connectivity index (χ1n) is 6.64. The number of benzene rings is 1. The molecule has 0 radical (unpaired) electrons. The minimum atomic E-state index is -0.198. The number of hydrogen-bond donors (Lipinski definition) is 2. The SMILES string of the molecule is O=C(Nc1ccc2c(c1)CNC2)c1ccc2ncsc2n1. The Kier molecular flexibility index (Phi) is 2.90. The molecule has 0 unspecified atom stereocenters. The van der Waals surface area contributed by atoms with E-state index in [4.69, 9.17) is 0 Å². The molecule has 1 amide bonds. The largest absolute Gasteiger partial charge is 0.321 e. The Morgan fingerprint density at radius 2 is 2.10 bits per heavy atom. The molecule has 1 aromatic carbocycles. The van der Waals surface area contributed by atoms with Crippen LogP contribution in [0.2, 0.25) is 0 Å². The number of aromatic nitrogens is 2. The number of carbonyl (C=O) groups excluding carboxylic acids is 1. The Morgan fingerprint density at radius 3 is 3.05 bits per heavy atom. The molecular formula is C15H12N4OS. The van der Waals surface area contributed by atoms with E-state index in [1.54, 1.807) is 11.6 Å². The second kappa shape index (κ2) is 4.91. The number of carbonyl (C=O) groups is 1. The quantitative estimate of drug-likeness (QED) is 0.762. The predicted molar refractivity (Wildman–Crippen MR) is 82.4 cm³/mol. The number of pyridine rings is 1. The van der Waals surface area contributed by atoms with E-state index in [2.05, 4.69) is 20.6 Å². The molecular weight excluding hydrogens is 284 g/mol. The van der Waals surface area contributed by atoms with Crippen LogP contribution in [0.3, 0.4) is 0 Å². The molecule has 21 heavy (non-hydrogen) atoms. The highest BCUT2D eigenvalue weighted by molar-refractivity contribution is 7.16. The number of hydrogen-bond acceptors (Lipinski definition) is 5. The summed E-state index contributed by atoms with van der Waals surface area (Å²) in [6.45, 7) is 1.75. The molecule has 5 nitrogen and oxygen atoms in total. The Labute approximate surface area is 125 Å². The summed E-state index contributed by atoms with van der Waals surface area (Å²) in [5.74, 6) is -0.198. The first kappa shape index (κ1) is 12.4. The summed E-state index contributed by atoms with van der Waals surface area (Å²) in [6, 6.07) is 9.50. The first-order chi connectivity index (χ1) is 10.3. The monoisotopic (exact) mass is 296 g/mol. The maximum Gasteiger partial charge on any atom is 0.274 e. The van der Waals surface area contributed by atoms with Crippen LogP contribution in [0.4, 0.5) is 5.69 Å². The van der Waals surface area contributed by atoms with Gasteiger partial charge in [0.05, 0.1) is 11.0 Å². The lowest BCUT2D eigenvalue weighted by Gasteiger charge is -2.06. The fraction of sp³-hybridized carbons (Fsp3) is 0.133. The molecule has 0 saturated carbocycles. The maximum atomic E-state index is 12.3. The van der Waals surface area contributed by atoms with Crippen molar-refractivity contribution in [1.29, 1.82) is 0 Å². The summed E-state index contributed by atoms with van der Waals surface area (Å²) in [6.07, 6.45) is 0. The summed E-state index contributed by atoms with van der Waals surface area (Å²) in [5.41, 5.74) is 6.28. The average molecular weight is 296 g/mol. The van der Waals surface area contributed by atoms with Crippen molar-refractivity contribution in [2.24, 2.45) is 0 Å². The van der Waals surface area contributed by atoms with Crippen LogP contribution in [-0.4, -0.2) is 15.9 Å². The van der Waals surface area contributed by atoms with Gasteiger partial charge in [0.1, 0.15) is 10.5 Å². The van der Waals surface area contributed by atoms with E-state index < -0.39 is 0 Å². The van der Waals surface area contributed by atoms with Crippen LogP contribution < -0.4 is 10.6 Å². The number of amides is 1. The van der Waals surface area contributed by atoms with Gasteiger partial charge in [0.25, 0.3) is 5.91 Å². The number of rotatable bonds is 2. The average Bonchev–Trinajstić information content (AvgIpc) is 3.14. The second-order valence-electron chi connectivity index (χ2n) is 4.91. The third kappa shape index (κ3) is 2.28. The van der Waals surface area contributed by atoms with Crippen LogP contribution in [-0.2, 0) is 13.1 Å². The molecule has 0 bridgehead atoms. The van der Waals surface area contributed by atoms with Crippen molar-refractivity contribution in [2.75, 3.05) is 5.32 Å². The minimum Gasteiger partial charge on any atom is -0.321 e. The van der Waals surface area contributed by atoms with Crippen LogP contribution >= 0.6 is 11.3 Å². The van der Waals surface area contributed by atoms with E-state index in [9.17, 15) is 4.79 Å². The highest BCUT2D eigenvalue weighted by atomic mass is 32.1. The molecule has 104 valence electrons. The Balaban J connectivity index is 1.60. The zero-order chi connectivity index (χ0) is 14.2. The number of nitrogens with one attached hydrogen (secondary N) is 2. The van der Waals surface area contributed by atoms with Gasteiger partial charge in [-0.15, -0.1) is 11.3 Å². The number of thiazole rings is 1. The molecule has 2 N–H and O–H groups in total. The third-order valence-electron chi connectivity index (χ3n) is 3.52. The Morgan fingerprint density at radius 1 is 1.19 bits per heavy atom. The number of fused-ring (bicyclic) bond motifs is 2. The van der Waals surface area contributed by atoms with Crippen molar-refractivity contribution in [3.63, 3.8) is 0 Å². The van der Waals surface area contributed by atoms with Crippen molar-refractivity contribution in [3.8, 4) is 0 Å². The van der Waals surface area contributed by atoms with Crippen molar-refractivity contribution in [3.05, 3.63) is 52.7 Å². The Bertz CT molecular complexity index is 843. The lowest BCUT2D eigenvalue weighted by atomic mass is 10.1. The maximum absolute atomic E-state index is 12.3. The van der Waals surface area contributed by atoms with Crippen LogP contribution in [0.1, 0.15) is 21.6 Å². The van der Waals surface area contributed by atoms with E-state index in [0.717, 1.165) is 29.1 Å². The van der Waals surface area contributed by atoms with E-state index in [0.29, 0.717) is 5.69 Å². The van der Waals surface area contributed by atoms with E-state index in [1.807, 2.05) is 24.3 Å². The fourth-order valence-electron chi connectivity index (χ4n) is 2.45. The fourth-order valence-corrected chi connectivity index (χ4v) is 3.10. The standard InChI is InChI=1S/C15H12N4OS/c20-14(12-3-4-13-15(19-12)21-8-17-13)18-11-2-1-9-6-16-7-10(9)5-11/h1-5,8,16H,6-7H2,(H,18,20). The van der Waals surface area contributed by atoms with Gasteiger partial charge in [-0.3, -0.25) is 4.79 Å². The second-order valence-corrected chi connectivity index (χ2v) is 5.75. The summed E-state index contributed by atoms with van der Waals surface area (Å²) in [4.78, 5) is 21.5. The van der Waals surface area contributed by atoms with Crippen LogP contribution in [0.5, 0.6) is 0 Å². The van der Waals surface area contributed by atoms with E-state index in [1.165, 1.54) is 22.5 Å². The van der Waals surface area contributed by atoms with Gasteiger partial charge in [-0.25, -0.2) is 9.97 Å². The lowest BCUT2D eigenvalue weighted by molar-refractivity contribution is 0.102. The molecule has 0 fully saturated rings. The summed E-state index contributed by atoms with van der Waals surface area (Å²) in [5, 5.41) is 6.19. The molecule has 4 rings (SSSR count). The summed E-state index contributed by atoms with van der Waals surface area (Å²) < 4.78 is 0. The topological polar surface area (TPSA) is 66.9 Å². The number of anilines is 1. The van der Waals surface area contributed by atoms with E-state index in [-0.39, 0.29) is 5.91 Å². The van der Waals surface area contributed by atoms with Crippen molar-refractivity contribution >= 4 is 33.3 Å². The molecule has 0 saturated heterocycles. The lowest BCUT2D eigenvalue weighted by Crippen LogP contribution is -2.13.